The van der Waals surface area contributed by atoms with E-state index in [1.54, 1.807) is 0 Å². The van der Waals surface area contributed by atoms with Gasteiger partial charge in [0.25, 0.3) is 0 Å². The molecule has 54 valence electrons. The summed E-state index contributed by atoms with van der Waals surface area (Å²) in [5.74, 6) is 1.96. The minimum absolute atomic E-state index is 0.908. The van der Waals surface area contributed by atoms with E-state index in [0.29, 0.717) is 0 Å². The van der Waals surface area contributed by atoms with Crippen LogP contribution in [0.2, 0.25) is 4.59 Å². The van der Waals surface area contributed by atoms with Crippen molar-refractivity contribution in [3.8, 4) is 0 Å². The van der Waals surface area contributed by atoms with Crippen LogP contribution in [-0.4, -0.2) is 17.7 Å². The molecule has 0 radical (unpaired) electrons. The van der Waals surface area contributed by atoms with Crippen molar-refractivity contribution in [2.75, 3.05) is 0 Å². The van der Waals surface area contributed by atoms with E-state index < -0.39 is 0 Å². The third-order valence-corrected chi connectivity index (χ3v) is 2.81. The fourth-order valence-corrected chi connectivity index (χ4v) is 2.18. The summed E-state index contributed by atoms with van der Waals surface area (Å²) in [6, 6.07) is 0. The topological polar surface area (TPSA) is 0 Å². The van der Waals surface area contributed by atoms with Crippen LogP contribution in [0.4, 0.5) is 0 Å². The first-order chi connectivity index (χ1) is 4.70. The summed E-state index contributed by atoms with van der Waals surface area (Å²) >= 11 is 2.42. The fraction of sp³-hybridized carbons (Fsp3) is 1.00. The average molecular weight is 132 g/mol. The van der Waals surface area contributed by atoms with E-state index in [9.17, 15) is 0 Å². The molecule has 0 nitrogen and oxygen atoms in total. The second-order valence-corrected chi connectivity index (χ2v) is 4.30. The molecule has 1 saturated carbocycles. The van der Waals surface area contributed by atoms with Gasteiger partial charge in [-0.2, -0.15) is 0 Å². The van der Waals surface area contributed by atoms with Gasteiger partial charge in [-0.1, -0.05) is 0 Å². The molecule has 1 rings (SSSR count). The Balaban J connectivity index is 2.26. The molecule has 1 aliphatic carbocycles. The summed E-state index contributed by atoms with van der Waals surface area (Å²) in [6.45, 7) is 4.68. The summed E-state index contributed by atoms with van der Waals surface area (Å²) in [5, 5.41) is 0. The quantitative estimate of drug-likeness (QED) is 0.507. The molecule has 1 heteroatoms. The van der Waals surface area contributed by atoms with Crippen molar-refractivity contribution in [1.29, 1.82) is 0 Å². The molecule has 10 heavy (non-hydrogen) atoms. The van der Waals surface area contributed by atoms with E-state index in [1.165, 1.54) is 25.7 Å². The zero-order chi connectivity index (χ0) is 7.56. The summed E-state index contributed by atoms with van der Waals surface area (Å²) in [4.78, 5) is 0. The first kappa shape index (κ1) is 8.69. The van der Waals surface area contributed by atoms with E-state index in [2.05, 4.69) is 31.6 Å². The summed E-state index contributed by atoms with van der Waals surface area (Å²) in [7, 11) is 0. The molecule has 2 unspecified atom stereocenters. The van der Waals surface area contributed by atoms with Gasteiger partial charge in [-0.15, -0.1) is 0 Å². The zero-order valence-corrected chi connectivity index (χ0v) is 7.56. The molecule has 0 spiro atoms. The number of rotatable bonds is 2. The number of hydrogen-bond donors (Lipinski definition) is 0. The minimum atomic E-state index is 0.908. The van der Waals surface area contributed by atoms with Crippen LogP contribution in [0.3, 0.4) is 0 Å². The van der Waals surface area contributed by atoms with Crippen molar-refractivity contribution in [3.63, 3.8) is 0 Å². The van der Waals surface area contributed by atoms with Crippen LogP contribution in [0.1, 0.15) is 39.5 Å². The van der Waals surface area contributed by atoms with Crippen LogP contribution in [0, 0.1) is 11.8 Å². The van der Waals surface area contributed by atoms with Crippen molar-refractivity contribution >= 4 is 17.7 Å². The van der Waals surface area contributed by atoms with Gasteiger partial charge in [-0.3, -0.25) is 0 Å². The van der Waals surface area contributed by atoms with E-state index in [-0.39, 0.29) is 0 Å². The molecule has 1 aliphatic rings. The van der Waals surface area contributed by atoms with Gasteiger partial charge < -0.3 is 0 Å². The van der Waals surface area contributed by atoms with Crippen LogP contribution < -0.4 is 0 Å². The standard InChI is InChI=1S/C9H17.Li/c1-8(2)7-9-5-3-4-6-9;/h5,8-9H,3-4,6-7H2,1-2H3;. The molecular formula is C9H17Li. The Labute approximate surface area is 74.0 Å². The summed E-state index contributed by atoms with van der Waals surface area (Å²) in [6.07, 6.45) is 5.93. The average Bonchev–Trinajstić information content (AvgIpc) is 2.15. The Kier molecular flexibility index (Phi) is 3.33. The molecule has 0 aliphatic heterocycles. The summed E-state index contributed by atoms with van der Waals surface area (Å²) < 4.78 is 1.02. The molecule has 0 heterocycles. The van der Waals surface area contributed by atoms with Gasteiger partial charge in [0.15, 0.2) is 0 Å². The van der Waals surface area contributed by atoms with Gasteiger partial charge in [-0.05, 0) is 0 Å². The Bertz CT molecular complexity index is 98.9. The number of hydrogen-bond acceptors (Lipinski definition) is 0. The zero-order valence-electron chi connectivity index (χ0n) is 7.56. The monoisotopic (exact) mass is 132 g/mol. The van der Waals surface area contributed by atoms with Gasteiger partial charge in [0, 0.05) is 0 Å². The molecular weight excluding hydrogens is 115 g/mol. The van der Waals surface area contributed by atoms with Gasteiger partial charge >= 0.3 is 73.7 Å². The third-order valence-electron chi connectivity index (χ3n) is 2.81. The Morgan fingerprint density at radius 2 is 2.10 bits per heavy atom. The van der Waals surface area contributed by atoms with E-state index in [0.717, 1.165) is 16.4 Å². The molecule has 2 atom stereocenters. The molecule has 0 amide bonds. The van der Waals surface area contributed by atoms with E-state index in [1.807, 2.05) is 0 Å². The molecule has 0 saturated heterocycles. The van der Waals surface area contributed by atoms with Crippen molar-refractivity contribution in [1.82, 2.24) is 0 Å². The van der Waals surface area contributed by atoms with Crippen LogP contribution in [0.5, 0.6) is 0 Å². The Morgan fingerprint density at radius 1 is 1.40 bits per heavy atom. The fourth-order valence-electron chi connectivity index (χ4n) is 2.18. The molecule has 0 bridgehead atoms. The van der Waals surface area contributed by atoms with Crippen molar-refractivity contribution < 1.29 is 0 Å². The van der Waals surface area contributed by atoms with Gasteiger partial charge in [-0.25, -0.2) is 0 Å². The van der Waals surface area contributed by atoms with Crippen molar-refractivity contribution in [3.05, 3.63) is 0 Å². The molecule has 0 aromatic carbocycles. The maximum absolute atomic E-state index is 2.42. The van der Waals surface area contributed by atoms with Crippen LogP contribution in [0.15, 0.2) is 0 Å². The SMILES string of the molecule is [Li][CH]1CCCC1CC(C)C. The van der Waals surface area contributed by atoms with Gasteiger partial charge in [0.05, 0.1) is 0 Å². The normalized spacial score (nSPS) is 33.7. The maximum atomic E-state index is 2.42. The predicted octanol–water partition coefficient (Wildman–Crippen LogP) is 2.79. The predicted molar refractivity (Wildman–Crippen MR) is 46.3 cm³/mol. The Morgan fingerprint density at radius 3 is 2.50 bits per heavy atom. The molecule has 0 aromatic heterocycles. The second-order valence-electron chi connectivity index (χ2n) is 4.30. The molecule has 0 N–H and O–H groups in total. The summed E-state index contributed by atoms with van der Waals surface area (Å²) in [5.41, 5.74) is 0. The van der Waals surface area contributed by atoms with Crippen LogP contribution in [-0.2, 0) is 0 Å². The Hall–Kier alpha value is 0.597. The third kappa shape index (κ3) is 2.33. The molecule has 1 fully saturated rings. The first-order valence-corrected chi connectivity index (χ1v) is 4.70. The van der Waals surface area contributed by atoms with Crippen LogP contribution >= 0.6 is 0 Å². The van der Waals surface area contributed by atoms with E-state index >= 15 is 0 Å². The van der Waals surface area contributed by atoms with Crippen LogP contribution in [0.25, 0.3) is 0 Å². The van der Waals surface area contributed by atoms with Gasteiger partial charge in [0.2, 0.25) is 0 Å². The van der Waals surface area contributed by atoms with Gasteiger partial charge in [0.1, 0.15) is 0 Å². The van der Waals surface area contributed by atoms with Crippen molar-refractivity contribution in [2.45, 2.75) is 44.1 Å². The molecule has 0 aromatic rings. The van der Waals surface area contributed by atoms with Crippen molar-refractivity contribution in [2.24, 2.45) is 11.8 Å². The first-order valence-electron chi connectivity index (χ1n) is 4.70. The van der Waals surface area contributed by atoms with E-state index in [4.69, 9.17) is 0 Å². The second kappa shape index (κ2) is 3.84.